The van der Waals surface area contributed by atoms with Crippen molar-refractivity contribution >= 4 is 11.7 Å². The number of urea groups is 1. The van der Waals surface area contributed by atoms with E-state index in [1.807, 2.05) is 12.1 Å². The Hall–Kier alpha value is -2.94. The number of rotatable bonds is 3. The molecule has 2 aliphatic rings. The minimum atomic E-state index is -0.532. The third-order valence-corrected chi connectivity index (χ3v) is 5.41. The summed E-state index contributed by atoms with van der Waals surface area (Å²) in [7, 11) is 0. The highest BCUT2D eigenvalue weighted by Gasteiger charge is 2.38. The van der Waals surface area contributed by atoms with Crippen LogP contribution in [0.1, 0.15) is 54.7 Å². The van der Waals surface area contributed by atoms with Crippen LogP contribution >= 0.6 is 0 Å². The highest BCUT2D eigenvalue weighted by Crippen LogP contribution is 2.37. The molecule has 2 amide bonds. The SMILES string of the molecule is N#Cc1nccc(C2(NC(=O)Nc3ccc4c(c3)CCC4)CCCC2)n1. The molecule has 1 aromatic carbocycles. The molecular formula is C20H21N5O. The third kappa shape index (κ3) is 3.13. The largest absolute Gasteiger partial charge is 0.327 e. The molecule has 6 nitrogen and oxygen atoms in total. The van der Waals surface area contributed by atoms with Gasteiger partial charge in [-0.2, -0.15) is 5.26 Å². The van der Waals surface area contributed by atoms with E-state index in [-0.39, 0.29) is 11.9 Å². The molecule has 0 atom stereocenters. The number of hydrogen-bond acceptors (Lipinski definition) is 4. The fraction of sp³-hybridized carbons (Fsp3) is 0.400. The maximum Gasteiger partial charge on any atom is 0.319 e. The van der Waals surface area contributed by atoms with E-state index < -0.39 is 5.54 Å². The van der Waals surface area contributed by atoms with Crippen molar-refractivity contribution in [1.82, 2.24) is 15.3 Å². The summed E-state index contributed by atoms with van der Waals surface area (Å²) in [5.41, 5.74) is 3.71. The number of nitriles is 1. The smallest absolute Gasteiger partial charge is 0.319 e. The first-order valence-corrected chi connectivity index (χ1v) is 9.13. The number of anilines is 1. The normalized spacial score (nSPS) is 17.3. The van der Waals surface area contributed by atoms with Gasteiger partial charge in [0, 0.05) is 11.9 Å². The summed E-state index contributed by atoms with van der Waals surface area (Å²) < 4.78 is 0. The molecule has 1 saturated carbocycles. The maximum absolute atomic E-state index is 12.7. The Balaban J connectivity index is 1.53. The fourth-order valence-electron chi connectivity index (χ4n) is 4.13. The molecule has 2 N–H and O–H groups in total. The zero-order valence-corrected chi connectivity index (χ0v) is 14.6. The predicted molar refractivity (Wildman–Crippen MR) is 97.5 cm³/mol. The van der Waals surface area contributed by atoms with Gasteiger partial charge in [-0.25, -0.2) is 14.8 Å². The summed E-state index contributed by atoms with van der Waals surface area (Å²) in [6.45, 7) is 0. The Kier molecular flexibility index (Phi) is 4.29. The number of amides is 2. The molecule has 0 saturated heterocycles. The van der Waals surface area contributed by atoms with Gasteiger partial charge in [-0.05, 0) is 61.4 Å². The van der Waals surface area contributed by atoms with E-state index in [4.69, 9.17) is 5.26 Å². The number of benzene rings is 1. The minimum absolute atomic E-state index is 0.134. The van der Waals surface area contributed by atoms with Crippen LogP contribution in [0, 0.1) is 11.3 Å². The maximum atomic E-state index is 12.7. The van der Waals surface area contributed by atoms with Crippen molar-refractivity contribution in [2.75, 3.05) is 5.32 Å². The standard InChI is InChI=1S/C20H21N5O/c21-13-18-22-11-8-17(24-18)20(9-1-2-10-20)25-19(26)23-16-7-6-14-4-3-5-15(14)12-16/h6-8,11-12H,1-5,9-10H2,(H2,23,25,26). The number of hydrogen-bond donors (Lipinski definition) is 2. The van der Waals surface area contributed by atoms with Gasteiger partial charge >= 0.3 is 6.03 Å². The zero-order valence-electron chi connectivity index (χ0n) is 14.6. The highest BCUT2D eigenvalue weighted by atomic mass is 16.2. The minimum Gasteiger partial charge on any atom is -0.327 e. The molecule has 0 unspecified atom stereocenters. The summed E-state index contributed by atoms with van der Waals surface area (Å²) >= 11 is 0. The van der Waals surface area contributed by atoms with Crippen LogP contribution < -0.4 is 10.6 Å². The lowest BCUT2D eigenvalue weighted by Gasteiger charge is -2.29. The molecule has 6 heteroatoms. The van der Waals surface area contributed by atoms with Crippen molar-refractivity contribution in [1.29, 1.82) is 5.26 Å². The van der Waals surface area contributed by atoms with Gasteiger partial charge in [-0.15, -0.1) is 0 Å². The highest BCUT2D eigenvalue weighted by molar-refractivity contribution is 5.90. The molecule has 0 radical (unpaired) electrons. The molecule has 0 spiro atoms. The lowest BCUT2D eigenvalue weighted by Crippen LogP contribution is -2.46. The van der Waals surface area contributed by atoms with Gasteiger partial charge in [0.15, 0.2) is 0 Å². The number of fused-ring (bicyclic) bond motifs is 1. The second-order valence-corrected chi connectivity index (χ2v) is 7.08. The lowest BCUT2D eigenvalue weighted by atomic mass is 9.93. The average molecular weight is 347 g/mol. The first-order valence-electron chi connectivity index (χ1n) is 9.13. The van der Waals surface area contributed by atoms with E-state index in [1.54, 1.807) is 12.3 Å². The Labute approximate surface area is 152 Å². The van der Waals surface area contributed by atoms with Crippen molar-refractivity contribution in [3.8, 4) is 6.07 Å². The van der Waals surface area contributed by atoms with E-state index in [9.17, 15) is 4.79 Å². The number of aromatic nitrogens is 2. The van der Waals surface area contributed by atoms with Crippen molar-refractivity contribution in [2.45, 2.75) is 50.5 Å². The van der Waals surface area contributed by atoms with Crippen molar-refractivity contribution < 1.29 is 4.79 Å². The molecule has 2 aliphatic carbocycles. The van der Waals surface area contributed by atoms with Crippen LogP contribution in [-0.4, -0.2) is 16.0 Å². The van der Waals surface area contributed by atoms with E-state index in [2.05, 4.69) is 32.7 Å². The van der Waals surface area contributed by atoms with Crippen LogP contribution in [-0.2, 0) is 18.4 Å². The summed E-state index contributed by atoms with van der Waals surface area (Å²) in [6.07, 6.45) is 8.63. The van der Waals surface area contributed by atoms with Crippen LogP contribution in [0.5, 0.6) is 0 Å². The van der Waals surface area contributed by atoms with Gasteiger partial charge in [0.05, 0.1) is 11.2 Å². The molecule has 1 aromatic heterocycles. The predicted octanol–water partition coefficient (Wildman–Crippen LogP) is 3.43. The number of carbonyl (C=O) groups is 1. The van der Waals surface area contributed by atoms with E-state index in [1.165, 1.54) is 17.5 Å². The van der Waals surface area contributed by atoms with Gasteiger partial charge in [0.1, 0.15) is 6.07 Å². The zero-order chi connectivity index (χ0) is 18.0. The second kappa shape index (κ2) is 6.75. The number of nitrogens with one attached hydrogen (secondary N) is 2. The van der Waals surface area contributed by atoms with Gasteiger partial charge in [-0.1, -0.05) is 18.9 Å². The quantitative estimate of drug-likeness (QED) is 0.890. The van der Waals surface area contributed by atoms with Crippen molar-refractivity contribution in [3.63, 3.8) is 0 Å². The molecule has 132 valence electrons. The number of carbonyl (C=O) groups excluding carboxylic acids is 1. The van der Waals surface area contributed by atoms with Crippen LogP contribution in [0.15, 0.2) is 30.5 Å². The van der Waals surface area contributed by atoms with Crippen LogP contribution in [0.4, 0.5) is 10.5 Å². The molecule has 4 rings (SSSR count). The van der Waals surface area contributed by atoms with Crippen molar-refractivity contribution in [3.05, 3.63) is 53.1 Å². The van der Waals surface area contributed by atoms with Gasteiger partial charge in [0.25, 0.3) is 0 Å². The van der Waals surface area contributed by atoms with E-state index >= 15 is 0 Å². The number of nitrogens with zero attached hydrogens (tertiary/aromatic N) is 3. The average Bonchev–Trinajstić information content (AvgIpc) is 3.31. The molecule has 1 heterocycles. The topological polar surface area (TPSA) is 90.7 Å². The molecule has 0 bridgehead atoms. The van der Waals surface area contributed by atoms with Gasteiger partial charge < -0.3 is 10.6 Å². The molecule has 26 heavy (non-hydrogen) atoms. The number of aryl methyl sites for hydroxylation is 2. The summed E-state index contributed by atoms with van der Waals surface area (Å²) in [4.78, 5) is 20.9. The first-order chi connectivity index (χ1) is 12.7. The molecule has 2 aromatic rings. The Morgan fingerprint density at radius 2 is 1.92 bits per heavy atom. The lowest BCUT2D eigenvalue weighted by molar-refractivity contribution is 0.235. The third-order valence-electron chi connectivity index (χ3n) is 5.41. The summed E-state index contributed by atoms with van der Waals surface area (Å²) in [5, 5.41) is 15.2. The van der Waals surface area contributed by atoms with E-state index in [0.717, 1.165) is 44.2 Å². The van der Waals surface area contributed by atoms with Crippen molar-refractivity contribution in [2.24, 2.45) is 0 Å². The Morgan fingerprint density at radius 3 is 2.73 bits per heavy atom. The van der Waals surface area contributed by atoms with Crippen LogP contribution in [0.25, 0.3) is 0 Å². The fourth-order valence-corrected chi connectivity index (χ4v) is 4.13. The Morgan fingerprint density at radius 1 is 1.12 bits per heavy atom. The molecular weight excluding hydrogens is 326 g/mol. The Bertz CT molecular complexity index is 880. The van der Waals surface area contributed by atoms with Crippen LogP contribution in [0.3, 0.4) is 0 Å². The summed E-state index contributed by atoms with van der Waals surface area (Å²) in [6, 6.07) is 9.67. The van der Waals surface area contributed by atoms with E-state index in [0.29, 0.717) is 5.69 Å². The first kappa shape index (κ1) is 16.5. The second-order valence-electron chi connectivity index (χ2n) is 7.08. The van der Waals surface area contributed by atoms with Crippen LogP contribution in [0.2, 0.25) is 0 Å². The molecule has 1 fully saturated rings. The monoisotopic (exact) mass is 347 g/mol. The molecule has 0 aliphatic heterocycles. The van der Waals surface area contributed by atoms with Gasteiger partial charge in [-0.3, -0.25) is 0 Å². The summed E-state index contributed by atoms with van der Waals surface area (Å²) in [5.74, 6) is 0.134. The van der Waals surface area contributed by atoms with Gasteiger partial charge in [0.2, 0.25) is 5.82 Å².